The van der Waals surface area contributed by atoms with Crippen LogP contribution in [-0.2, 0) is 0 Å². The quantitative estimate of drug-likeness (QED) is 0.598. The van der Waals surface area contributed by atoms with Crippen molar-refractivity contribution in [2.24, 2.45) is 0 Å². The molecule has 1 N–H and O–H groups in total. The molecule has 0 radical (unpaired) electrons. The topological polar surface area (TPSA) is 68.0 Å². The van der Waals surface area contributed by atoms with Crippen LogP contribution in [0.2, 0.25) is 0 Å². The van der Waals surface area contributed by atoms with Crippen LogP contribution in [0.4, 0.5) is 5.13 Å². The fraction of sp³-hybridized carbons (Fsp3) is 0.0556. The van der Waals surface area contributed by atoms with E-state index in [2.05, 4.69) is 15.5 Å². The zero-order valence-corrected chi connectivity index (χ0v) is 13.6. The molecule has 0 aliphatic heterocycles. The second-order valence-corrected chi connectivity index (χ2v) is 6.42. The van der Waals surface area contributed by atoms with Crippen molar-refractivity contribution in [1.82, 2.24) is 10.1 Å². The van der Waals surface area contributed by atoms with E-state index in [9.17, 15) is 4.79 Å². The number of anilines is 1. The van der Waals surface area contributed by atoms with Crippen molar-refractivity contribution < 1.29 is 9.32 Å². The summed E-state index contributed by atoms with van der Waals surface area (Å²) in [6, 6.07) is 17.1. The fourth-order valence-electron chi connectivity index (χ4n) is 2.37. The molecule has 0 saturated carbocycles. The number of fused-ring (bicyclic) bond motifs is 1. The van der Waals surface area contributed by atoms with E-state index in [0.717, 1.165) is 21.3 Å². The predicted molar refractivity (Wildman–Crippen MR) is 94.2 cm³/mol. The Labute approximate surface area is 141 Å². The highest BCUT2D eigenvalue weighted by Gasteiger charge is 2.15. The Morgan fingerprint density at radius 1 is 1.12 bits per heavy atom. The number of aryl methyl sites for hydroxylation is 1. The molecule has 24 heavy (non-hydrogen) atoms. The maximum atomic E-state index is 12.3. The molecule has 2 aromatic carbocycles. The van der Waals surface area contributed by atoms with Gasteiger partial charge in [0.1, 0.15) is 0 Å². The number of carbonyl (C=O) groups excluding carboxylic acids is 1. The third kappa shape index (κ3) is 2.79. The van der Waals surface area contributed by atoms with Gasteiger partial charge in [0.2, 0.25) is 0 Å². The molecule has 2 aromatic heterocycles. The van der Waals surface area contributed by atoms with Gasteiger partial charge < -0.3 is 4.52 Å². The van der Waals surface area contributed by atoms with Crippen molar-refractivity contribution >= 4 is 32.6 Å². The molecular formula is C18H13N3O2S. The third-order valence-electron chi connectivity index (χ3n) is 3.57. The molecule has 0 bridgehead atoms. The van der Waals surface area contributed by atoms with E-state index in [1.165, 1.54) is 11.3 Å². The van der Waals surface area contributed by atoms with Crippen LogP contribution >= 0.6 is 11.3 Å². The number of benzene rings is 2. The van der Waals surface area contributed by atoms with Gasteiger partial charge in [-0.25, -0.2) is 4.98 Å². The Morgan fingerprint density at radius 2 is 1.96 bits per heavy atom. The first-order valence-corrected chi connectivity index (χ1v) is 8.21. The number of thiazole rings is 1. The summed E-state index contributed by atoms with van der Waals surface area (Å²) in [4.78, 5) is 16.7. The lowest BCUT2D eigenvalue weighted by molar-refractivity contribution is 0.101. The van der Waals surface area contributed by atoms with Gasteiger partial charge in [-0.1, -0.05) is 52.9 Å². The number of aromatic nitrogens is 2. The van der Waals surface area contributed by atoms with Crippen molar-refractivity contribution in [3.63, 3.8) is 0 Å². The van der Waals surface area contributed by atoms with Gasteiger partial charge >= 0.3 is 0 Å². The Hall–Kier alpha value is -2.99. The molecule has 0 aliphatic rings. The molecule has 0 unspecified atom stereocenters. The van der Waals surface area contributed by atoms with E-state index in [1.54, 1.807) is 6.07 Å². The summed E-state index contributed by atoms with van der Waals surface area (Å²) in [6.45, 7) is 2.03. The summed E-state index contributed by atoms with van der Waals surface area (Å²) in [5, 5.41) is 7.17. The summed E-state index contributed by atoms with van der Waals surface area (Å²) in [7, 11) is 0. The van der Waals surface area contributed by atoms with Gasteiger partial charge in [0, 0.05) is 11.6 Å². The maximum Gasteiger partial charge on any atom is 0.279 e. The predicted octanol–water partition coefficient (Wildman–Crippen LogP) is 4.51. The van der Waals surface area contributed by atoms with Crippen molar-refractivity contribution in [2.75, 3.05) is 5.32 Å². The number of rotatable bonds is 3. The fourth-order valence-corrected chi connectivity index (χ4v) is 3.33. The standard InChI is InChI=1S/C18H13N3O2S/c1-11-7-8-13-16(9-11)24-18(19-13)20-17(22)14-10-15(23-21-14)12-5-3-2-4-6-12/h2-10H,1H3,(H,19,20,22). The first-order valence-electron chi connectivity index (χ1n) is 7.40. The number of amides is 1. The van der Waals surface area contributed by atoms with E-state index in [1.807, 2.05) is 55.5 Å². The van der Waals surface area contributed by atoms with E-state index < -0.39 is 0 Å². The Bertz CT molecular complexity index is 1020. The highest BCUT2D eigenvalue weighted by atomic mass is 32.1. The highest BCUT2D eigenvalue weighted by Crippen LogP contribution is 2.27. The van der Waals surface area contributed by atoms with Crippen LogP contribution < -0.4 is 5.32 Å². The summed E-state index contributed by atoms with van der Waals surface area (Å²) >= 11 is 1.44. The monoisotopic (exact) mass is 335 g/mol. The van der Waals surface area contributed by atoms with Crippen LogP contribution in [0.3, 0.4) is 0 Å². The molecule has 5 nitrogen and oxygen atoms in total. The Kier molecular flexibility index (Phi) is 3.59. The zero-order chi connectivity index (χ0) is 16.5. The van der Waals surface area contributed by atoms with E-state index in [-0.39, 0.29) is 11.6 Å². The number of nitrogens with zero attached hydrogens (tertiary/aromatic N) is 2. The summed E-state index contributed by atoms with van der Waals surface area (Å²) < 4.78 is 6.29. The van der Waals surface area contributed by atoms with Gasteiger partial charge in [0.15, 0.2) is 16.6 Å². The number of carbonyl (C=O) groups is 1. The summed E-state index contributed by atoms with van der Waals surface area (Å²) in [6.07, 6.45) is 0. The first kappa shape index (κ1) is 14.6. The second-order valence-electron chi connectivity index (χ2n) is 5.39. The van der Waals surface area contributed by atoms with Crippen LogP contribution in [-0.4, -0.2) is 16.0 Å². The van der Waals surface area contributed by atoms with Crippen molar-refractivity contribution in [1.29, 1.82) is 0 Å². The van der Waals surface area contributed by atoms with Gasteiger partial charge in [0.25, 0.3) is 5.91 Å². The van der Waals surface area contributed by atoms with E-state index in [4.69, 9.17) is 4.52 Å². The van der Waals surface area contributed by atoms with Crippen molar-refractivity contribution in [3.8, 4) is 11.3 Å². The van der Waals surface area contributed by atoms with Gasteiger partial charge in [0.05, 0.1) is 10.2 Å². The molecule has 6 heteroatoms. The molecule has 0 aliphatic carbocycles. The minimum Gasteiger partial charge on any atom is -0.355 e. The lowest BCUT2D eigenvalue weighted by Gasteiger charge is -1.95. The van der Waals surface area contributed by atoms with Gasteiger partial charge in [-0.3, -0.25) is 10.1 Å². The largest absolute Gasteiger partial charge is 0.355 e. The van der Waals surface area contributed by atoms with Gasteiger partial charge in [-0.05, 0) is 24.6 Å². The van der Waals surface area contributed by atoms with Gasteiger partial charge in [-0.2, -0.15) is 0 Å². The minimum absolute atomic E-state index is 0.226. The number of hydrogen-bond acceptors (Lipinski definition) is 5. The Balaban J connectivity index is 1.56. The van der Waals surface area contributed by atoms with Crippen LogP contribution in [0, 0.1) is 6.92 Å². The van der Waals surface area contributed by atoms with Crippen LogP contribution in [0.15, 0.2) is 59.1 Å². The van der Waals surface area contributed by atoms with Crippen molar-refractivity contribution in [2.45, 2.75) is 6.92 Å². The molecule has 0 fully saturated rings. The molecule has 4 aromatic rings. The first-order chi connectivity index (χ1) is 11.7. The molecule has 4 rings (SSSR count). The lowest BCUT2D eigenvalue weighted by Crippen LogP contribution is -2.11. The third-order valence-corrected chi connectivity index (χ3v) is 4.50. The highest BCUT2D eigenvalue weighted by molar-refractivity contribution is 7.22. The Morgan fingerprint density at radius 3 is 2.79 bits per heavy atom. The molecule has 0 saturated heterocycles. The molecule has 1 amide bonds. The summed E-state index contributed by atoms with van der Waals surface area (Å²) in [5.74, 6) is 0.220. The molecule has 0 atom stereocenters. The van der Waals surface area contributed by atoms with Gasteiger partial charge in [-0.15, -0.1) is 0 Å². The van der Waals surface area contributed by atoms with E-state index >= 15 is 0 Å². The number of hydrogen-bond donors (Lipinski definition) is 1. The normalized spacial score (nSPS) is 10.9. The zero-order valence-electron chi connectivity index (χ0n) is 12.8. The van der Waals surface area contributed by atoms with Crippen LogP contribution in [0.5, 0.6) is 0 Å². The average molecular weight is 335 g/mol. The number of nitrogens with one attached hydrogen (secondary N) is 1. The molecular weight excluding hydrogens is 322 g/mol. The molecule has 0 spiro atoms. The van der Waals surface area contributed by atoms with Crippen molar-refractivity contribution in [3.05, 3.63) is 65.9 Å². The second kappa shape index (κ2) is 5.90. The minimum atomic E-state index is -0.336. The molecule has 118 valence electrons. The molecule has 2 heterocycles. The van der Waals surface area contributed by atoms with Crippen LogP contribution in [0.1, 0.15) is 16.1 Å². The maximum absolute atomic E-state index is 12.3. The average Bonchev–Trinajstić information content (AvgIpc) is 3.22. The SMILES string of the molecule is Cc1ccc2nc(NC(=O)c3cc(-c4ccccc4)on3)sc2c1. The van der Waals surface area contributed by atoms with Crippen LogP contribution in [0.25, 0.3) is 21.5 Å². The summed E-state index contributed by atoms with van der Waals surface area (Å²) in [5.41, 5.74) is 3.13. The van der Waals surface area contributed by atoms with E-state index in [0.29, 0.717) is 10.9 Å². The lowest BCUT2D eigenvalue weighted by atomic mass is 10.1. The smallest absolute Gasteiger partial charge is 0.279 e.